The van der Waals surface area contributed by atoms with Crippen LogP contribution in [-0.2, 0) is 14.3 Å². The van der Waals surface area contributed by atoms with Gasteiger partial charge in [0.05, 0.1) is 11.5 Å². The number of rotatable bonds is 6. The molecule has 1 fully saturated rings. The standard InChI is InChI=1S/C14H27NO3/c1-13(2)11(12(16)14(3,4)18-13)10-15(5)8-7-9-17-6/h11H,7-10H2,1-6H3. The number of nitrogens with zero attached hydrogens (tertiary/aromatic N) is 1. The highest BCUT2D eigenvalue weighted by Crippen LogP contribution is 2.39. The summed E-state index contributed by atoms with van der Waals surface area (Å²) in [5.41, 5.74) is -1.03. The van der Waals surface area contributed by atoms with Gasteiger partial charge in [-0.15, -0.1) is 0 Å². The molecule has 0 N–H and O–H groups in total. The lowest BCUT2D eigenvalue weighted by atomic mass is 9.85. The second kappa shape index (κ2) is 5.68. The molecule has 4 nitrogen and oxygen atoms in total. The molecule has 0 radical (unpaired) electrons. The van der Waals surface area contributed by atoms with E-state index in [4.69, 9.17) is 9.47 Å². The zero-order valence-electron chi connectivity index (χ0n) is 12.6. The zero-order valence-corrected chi connectivity index (χ0v) is 12.6. The minimum Gasteiger partial charge on any atom is -0.385 e. The van der Waals surface area contributed by atoms with Crippen LogP contribution in [0.2, 0.25) is 0 Å². The summed E-state index contributed by atoms with van der Waals surface area (Å²) in [6, 6.07) is 0. The van der Waals surface area contributed by atoms with E-state index in [0.717, 1.165) is 26.1 Å². The molecule has 1 unspecified atom stereocenters. The fourth-order valence-corrected chi connectivity index (χ4v) is 2.70. The predicted octanol–water partition coefficient (Wildman–Crippen LogP) is 1.73. The van der Waals surface area contributed by atoms with Gasteiger partial charge in [-0.05, 0) is 41.2 Å². The molecule has 1 aliphatic rings. The Balaban J connectivity index is 2.57. The van der Waals surface area contributed by atoms with Crippen molar-refractivity contribution in [3.8, 4) is 0 Å². The third kappa shape index (κ3) is 3.53. The molecule has 0 aromatic heterocycles. The zero-order chi connectivity index (χ0) is 14.0. The van der Waals surface area contributed by atoms with Crippen LogP contribution in [0.1, 0.15) is 34.1 Å². The van der Waals surface area contributed by atoms with Gasteiger partial charge in [0.1, 0.15) is 5.60 Å². The molecule has 0 amide bonds. The summed E-state index contributed by atoms with van der Waals surface area (Å²) in [6.45, 7) is 10.2. The van der Waals surface area contributed by atoms with Gasteiger partial charge in [-0.25, -0.2) is 0 Å². The van der Waals surface area contributed by atoms with Gasteiger partial charge in [0.2, 0.25) is 0 Å². The van der Waals surface area contributed by atoms with E-state index in [1.54, 1.807) is 7.11 Å². The van der Waals surface area contributed by atoms with Crippen molar-refractivity contribution in [1.29, 1.82) is 0 Å². The van der Waals surface area contributed by atoms with Gasteiger partial charge in [0.15, 0.2) is 5.78 Å². The summed E-state index contributed by atoms with van der Waals surface area (Å²) < 4.78 is 10.9. The number of ether oxygens (including phenoxy) is 2. The normalized spacial score (nSPS) is 25.9. The number of hydrogen-bond acceptors (Lipinski definition) is 4. The number of carbonyl (C=O) groups excluding carboxylic acids is 1. The van der Waals surface area contributed by atoms with Crippen LogP contribution < -0.4 is 0 Å². The SMILES string of the molecule is COCCCN(C)CC1C(=O)C(C)(C)OC1(C)C. The molecule has 0 bridgehead atoms. The minimum absolute atomic E-state index is 0.0555. The fraction of sp³-hybridized carbons (Fsp3) is 0.929. The molecule has 1 rings (SSSR count). The Morgan fingerprint density at radius 2 is 1.94 bits per heavy atom. The lowest BCUT2D eigenvalue weighted by molar-refractivity contribution is -0.132. The van der Waals surface area contributed by atoms with Gasteiger partial charge in [-0.1, -0.05) is 0 Å². The van der Waals surface area contributed by atoms with Crippen molar-refractivity contribution in [2.75, 3.05) is 33.9 Å². The summed E-state index contributed by atoms with van der Waals surface area (Å²) in [7, 11) is 3.75. The number of methoxy groups -OCH3 is 1. The molecule has 0 spiro atoms. The van der Waals surface area contributed by atoms with Crippen molar-refractivity contribution < 1.29 is 14.3 Å². The molecule has 1 saturated heterocycles. The van der Waals surface area contributed by atoms with Crippen LogP contribution in [0, 0.1) is 5.92 Å². The quantitative estimate of drug-likeness (QED) is 0.679. The predicted molar refractivity (Wildman–Crippen MR) is 71.7 cm³/mol. The van der Waals surface area contributed by atoms with E-state index in [9.17, 15) is 4.79 Å². The molecular formula is C14H27NO3. The van der Waals surface area contributed by atoms with E-state index < -0.39 is 5.60 Å². The lowest BCUT2D eigenvalue weighted by Gasteiger charge is -2.28. The van der Waals surface area contributed by atoms with Crippen molar-refractivity contribution in [3.63, 3.8) is 0 Å². The number of hydrogen-bond donors (Lipinski definition) is 0. The van der Waals surface area contributed by atoms with Crippen molar-refractivity contribution in [2.24, 2.45) is 5.92 Å². The van der Waals surface area contributed by atoms with Crippen molar-refractivity contribution in [3.05, 3.63) is 0 Å². The number of ketones is 1. The molecule has 4 heteroatoms. The summed E-state index contributed by atoms with van der Waals surface area (Å²) in [4.78, 5) is 14.5. The first-order valence-electron chi connectivity index (χ1n) is 6.62. The van der Waals surface area contributed by atoms with Crippen molar-refractivity contribution in [1.82, 2.24) is 4.90 Å². The van der Waals surface area contributed by atoms with Crippen LogP contribution >= 0.6 is 0 Å². The van der Waals surface area contributed by atoms with Crippen LogP contribution in [0.25, 0.3) is 0 Å². The molecule has 0 aromatic carbocycles. The molecule has 1 heterocycles. The third-order valence-electron chi connectivity index (χ3n) is 3.65. The maximum Gasteiger partial charge on any atom is 0.171 e. The molecule has 0 aromatic rings. The van der Waals surface area contributed by atoms with E-state index in [0.29, 0.717) is 0 Å². The van der Waals surface area contributed by atoms with E-state index in [1.807, 2.05) is 34.7 Å². The summed E-state index contributed by atoms with van der Waals surface area (Å²) in [5.74, 6) is 0.158. The average molecular weight is 257 g/mol. The first kappa shape index (κ1) is 15.6. The van der Waals surface area contributed by atoms with Gasteiger partial charge in [-0.2, -0.15) is 0 Å². The summed E-state index contributed by atoms with van der Waals surface area (Å²) >= 11 is 0. The van der Waals surface area contributed by atoms with Gasteiger partial charge < -0.3 is 14.4 Å². The Kier molecular flexibility index (Phi) is 4.92. The first-order chi connectivity index (χ1) is 8.20. The smallest absolute Gasteiger partial charge is 0.171 e. The Morgan fingerprint density at radius 1 is 1.33 bits per heavy atom. The number of carbonyl (C=O) groups is 1. The fourth-order valence-electron chi connectivity index (χ4n) is 2.70. The topological polar surface area (TPSA) is 38.8 Å². The highest BCUT2D eigenvalue weighted by molar-refractivity contribution is 5.91. The lowest BCUT2D eigenvalue weighted by Crippen LogP contribution is -2.40. The van der Waals surface area contributed by atoms with Crippen molar-refractivity contribution in [2.45, 2.75) is 45.3 Å². The Labute approximate surface area is 111 Å². The minimum atomic E-state index is -0.651. The van der Waals surface area contributed by atoms with Gasteiger partial charge in [0, 0.05) is 26.8 Å². The molecule has 0 saturated carbocycles. The molecular weight excluding hydrogens is 230 g/mol. The van der Waals surface area contributed by atoms with E-state index in [1.165, 1.54) is 0 Å². The van der Waals surface area contributed by atoms with Gasteiger partial charge in [0.25, 0.3) is 0 Å². The van der Waals surface area contributed by atoms with Gasteiger partial charge in [-0.3, -0.25) is 4.79 Å². The highest BCUT2D eigenvalue weighted by Gasteiger charge is 2.53. The first-order valence-corrected chi connectivity index (χ1v) is 6.62. The van der Waals surface area contributed by atoms with Crippen LogP contribution in [0.3, 0.4) is 0 Å². The third-order valence-corrected chi connectivity index (χ3v) is 3.65. The van der Waals surface area contributed by atoms with Crippen LogP contribution in [-0.4, -0.2) is 55.7 Å². The Hall–Kier alpha value is -0.450. The molecule has 1 atom stereocenters. The molecule has 1 aliphatic heterocycles. The van der Waals surface area contributed by atoms with Crippen LogP contribution in [0.15, 0.2) is 0 Å². The highest BCUT2D eigenvalue weighted by atomic mass is 16.5. The van der Waals surface area contributed by atoms with Gasteiger partial charge >= 0.3 is 0 Å². The second-order valence-electron chi connectivity index (χ2n) is 6.24. The van der Waals surface area contributed by atoms with E-state index in [2.05, 4.69) is 4.90 Å². The van der Waals surface area contributed by atoms with E-state index >= 15 is 0 Å². The molecule has 106 valence electrons. The largest absolute Gasteiger partial charge is 0.385 e. The maximum atomic E-state index is 12.3. The molecule has 0 aliphatic carbocycles. The van der Waals surface area contributed by atoms with Crippen LogP contribution in [0.5, 0.6) is 0 Å². The maximum absolute atomic E-state index is 12.3. The van der Waals surface area contributed by atoms with E-state index in [-0.39, 0.29) is 17.3 Å². The summed E-state index contributed by atoms with van der Waals surface area (Å²) in [5, 5.41) is 0. The monoisotopic (exact) mass is 257 g/mol. The molecule has 18 heavy (non-hydrogen) atoms. The van der Waals surface area contributed by atoms with Crippen molar-refractivity contribution >= 4 is 5.78 Å². The average Bonchev–Trinajstić information content (AvgIpc) is 2.37. The number of Topliss-reactive ketones (excluding diaryl/α,β-unsaturated/α-hetero) is 1. The summed E-state index contributed by atoms with van der Waals surface area (Å²) in [6.07, 6.45) is 0.985. The Bertz CT molecular complexity index is 299. The van der Waals surface area contributed by atoms with Crippen LogP contribution in [0.4, 0.5) is 0 Å². The second-order valence-corrected chi connectivity index (χ2v) is 6.24. The Morgan fingerprint density at radius 3 is 2.39 bits per heavy atom.